The number of rotatable bonds is 8. The molecular weight excluding hydrogens is 355 g/mol. The van der Waals surface area contributed by atoms with Crippen LogP contribution in [0.15, 0.2) is 30.3 Å². The van der Waals surface area contributed by atoms with E-state index in [1.54, 1.807) is 6.08 Å². The lowest BCUT2D eigenvalue weighted by atomic mass is 10.2. The molecule has 3 nitrogen and oxygen atoms in total. The van der Waals surface area contributed by atoms with Crippen molar-refractivity contribution in [2.24, 2.45) is 0 Å². The Labute approximate surface area is 127 Å². The minimum absolute atomic E-state index is 0.185. The summed E-state index contributed by atoms with van der Waals surface area (Å²) in [5, 5.41) is 8.54. The fourth-order valence-corrected chi connectivity index (χ4v) is 2.32. The van der Waals surface area contributed by atoms with Gasteiger partial charge in [-0.05, 0) is 59.2 Å². The average Bonchev–Trinajstić information content (AvgIpc) is 2.38. The zero-order chi connectivity index (χ0) is 14.1. The number of alkyl halides is 1. The number of carbonyl (C=O) groups is 1. The maximum absolute atomic E-state index is 10.4. The number of benzene rings is 1. The van der Waals surface area contributed by atoms with Gasteiger partial charge in [0.1, 0.15) is 9.86 Å². The molecule has 0 fully saturated rings. The number of unbranched alkanes of at least 4 members (excludes halogenated alkanes) is 2. The third kappa shape index (κ3) is 7.20. The number of halogens is 1. The Bertz CT molecular complexity index is 412. The van der Waals surface area contributed by atoms with E-state index in [2.05, 4.69) is 29.5 Å². The maximum Gasteiger partial charge on any atom is 0.328 e. The smallest absolute Gasteiger partial charge is 0.328 e. The molecule has 104 valence electrons. The third-order valence-electron chi connectivity index (χ3n) is 2.60. The van der Waals surface area contributed by atoms with Crippen LogP contribution in [0.3, 0.4) is 0 Å². The van der Waals surface area contributed by atoms with Crippen LogP contribution in [0, 0.1) is 0 Å². The first-order valence-electron chi connectivity index (χ1n) is 6.43. The highest BCUT2D eigenvalue weighted by molar-refractivity contribution is 14.1. The summed E-state index contributed by atoms with van der Waals surface area (Å²) in [5.41, 5.74) is 0.853. The van der Waals surface area contributed by atoms with E-state index in [1.165, 1.54) is 19.3 Å². The van der Waals surface area contributed by atoms with Gasteiger partial charge in [-0.15, -0.1) is 0 Å². The lowest BCUT2D eigenvalue weighted by Crippen LogP contribution is -2.07. The van der Waals surface area contributed by atoms with E-state index < -0.39 is 5.97 Å². The topological polar surface area (TPSA) is 46.5 Å². The van der Waals surface area contributed by atoms with Gasteiger partial charge in [0.05, 0.1) is 0 Å². The van der Waals surface area contributed by atoms with Gasteiger partial charge >= 0.3 is 5.97 Å². The van der Waals surface area contributed by atoms with Gasteiger partial charge in [0.2, 0.25) is 0 Å². The number of hydrogen-bond donors (Lipinski definition) is 1. The zero-order valence-electron chi connectivity index (χ0n) is 11.0. The van der Waals surface area contributed by atoms with Crippen LogP contribution >= 0.6 is 22.6 Å². The number of hydrogen-bond acceptors (Lipinski definition) is 2. The van der Waals surface area contributed by atoms with Gasteiger partial charge in [0, 0.05) is 6.08 Å². The van der Waals surface area contributed by atoms with Gasteiger partial charge in [-0.1, -0.05) is 31.9 Å². The maximum atomic E-state index is 10.4. The van der Waals surface area contributed by atoms with Crippen LogP contribution in [0.5, 0.6) is 5.75 Å². The lowest BCUT2D eigenvalue weighted by molar-refractivity contribution is -0.131. The Morgan fingerprint density at radius 1 is 1.37 bits per heavy atom. The van der Waals surface area contributed by atoms with E-state index in [4.69, 9.17) is 9.84 Å². The van der Waals surface area contributed by atoms with Crippen LogP contribution in [-0.2, 0) is 4.79 Å². The Morgan fingerprint density at radius 3 is 2.63 bits per heavy atom. The molecule has 1 N–H and O–H groups in total. The number of aliphatic carboxylic acids is 1. The van der Waals surface area contributed by atoms with Crippen molar-refractivity contribution >= 4 is 34.6 Å². The first kappa shape index (κ1) is 16.0. The van der Waals surface area contributed by atoms with Gasteiger partial charge < -0.3 is 9.84 Å². The van der Waals surface area contributed by atoms with E-state index in [0.29, 0.717) is 0 Å². The molecule has 0 aliphatic rings. The van der Waals surface area contributed by atoms with E-state index in [1.807, 2.05) is 24.3 Å². The highest BCUT2D eigenvalue weighted by atomic mass is 127. The molecule has 0 bridgehead atoms. The first-order chi connectivity index (χ1) is 9.11. The highest BCUT2D eigenvalue weighted by Crippen LogP contribution is 2.20. The van der Waals surface area contributed by atoms with E-state index in [9.17, 15) is 4.79 Å². The fraction of sp³-hybridized carbons (Fsp3) is 0.400. The standard InChI is InChI=1S/C15H19IO3/c1-2-3-4-5-14(16)19-13-9-6-12(7-10-13)8-11-15(17)18/h6-11,14H,2-5H2,1H3,(H,17,18). The molecule has 1 atom stereocenters. The van der Waals surface area contributed by atoms with Gasteiger partial charge in [-0.3, -0.25) is 0 Å². The van der Waals surface area contributed by atoms with Gasteiger partial charge in [0.25, 0.3) is 0 Å². The molecule has 1 rings (SSSR count). The molecular formula is C15H19IO3. The van der Waals surface area contributed by atoms with Crippen molar-refractivity contribution in [2.45, 2.75) is 36.7 Å². The second kappa shape index (κ2) is 8.96. The second-order valence-electron chi connectivity index (χ2n) is 4.26. The Balaban J connectivity index is 2.45. The summed E-state index contributed by atoms with van der Waals surface area (Å²) < 4.78 is 5.97. The van der Waals surface area contributed by atoms with Crippen LogP contribution in [0.25, 0.3) is 6.08 Å². The molecule has 0 saturated heterocycles. The van der Waals surface area contributed by atoms with E-state index in [0.717, 1.165) is 23.8 Å². The molecule has 0 saturated carbocycles. The highest BCUT2D eigenvalue weighted by Gasteiger charge is 2.05. The normalized spacial score (nSPS) is 12.5. The second-order valence-corrected chi connectivity index (χ2v) is 5.65. The van der Waals surface area contributed by atoms with Crippen molar-refractivity contribution in [2.75, 3.05) is 0 Å². The Morgan fingerprint density at radius 2 is 2.05 bits per heavy atom. The molecule has 4 heteroatoms. The van der Waals surface area contributed by atoms with Gasteiger partial charge in [0.15, 0.2) is 0 Å². The number of carboxylic acids is 1. The summed E-state index contributed by atoms with van der Waals surface area (Å²) in [6, 6.07) is 7.44. The van der Waals surface area contributed by atoms with Crippen molar-refractivity contribution in [3.63, 3.8) is 0 Å². The molecule has 0 amide bonds. The monoisotopic (exact) mass is 374 g/mol. The largest absolute Gasteiger partial charge is 0.480 e. The number of ether oxygens (including phenoxy) is 1. The first-order valence-corrected chi connectivity index (χ1v) is 7.68. The summed E-state index contributed by atoms with van der Waals surface area (Å²) in [4.78, 5) is 10.4. The lowest BCUT2D eigenvalue weighted by Gasteiger charge is -2.12. The molecule has 0 aliphatic heterocycles. The SMILES string of the molecule is CCCCCC(I)Oc1ccc(C=CC(=O)O)cc1. The predicted octanol–water partition coefficient (Wildman–Crippen LogP) is 4.50. The molecule has 0 radical (unpaired) electrons. The van der Waals surface area contributed by atoms with Crippen LogP contribution < -0.4 is 4.74 Å². The predicted molar refractivity (Wildman–Crippen MR) is 85.7 cm³/mol. The molecule has 1 aromatic carbocycles. The molecule has 0 aromatic heterocycles. The summed E-state index contributed by atoms with van der Waals surface area (Å²) in [5.74, 6) is -0.119. The molecule has 0 spiro atoms. The summed E-state index contributed by atoms with van der Waals surface area (Å²) in [7, 11) is 0. The van der Waals surface area contributed by atoms with E-state index >= 15 is 0 Å². The van der Waals surface area contributed by atoms with Crippen LogP contribution in [-0.4, -0.2) is 15.2 Å². The van der Waals surface area contributed by atoms with Crippen LogP contribution in [0.2, 0.25) is 0 Å². The Kier molecular flexibility index (Phi) is 7.55. The third-order valence-corrected chi connectivity index (χ3v) is 3.47. The zero-order valence-corrected chi connectivity index (χ0v) is 13.2. The van der Waals surface area contributed by atoms with E-state index in [-0.39, 0.29) is 4.11 Å². The summed E-state index contributed by atoms with van der Waals surface area (Å²) in [6.45, 7) is 2.19. The number of carboxylic acid groups (broad SMARTS) is 1. The van der Waals surface area contributed by atoms with Gasteiger partial charge in [-0.2, -0.15) is 0 Å². The molecule has 0 heterocycles. The molecule has 19 heavy (non-hydrogen) atoms. The fourth-order valence-electron chi connectivity index (χ4n) is 1.59. The summed E-state index contributed by atoms with van der Waals surface area (Å²) >= 11 is 2.30. The minimum atomic E-state index is -0.941. The van der Waals surface area contributed by atoms with Crippen molar-refractivity contribution in [3.05, 3.63) is 35.9 Å². The molecule has 1 unspecified atom stereocenters. The minimum Gasteiger partial charge on any atom is -0.480 e. The van der Waals surface area contributed by atoms with Crippen LogP contribution in [0.1, 0.15) is 38.2 Å². The molecule has 1 aromatic rings. The Hall–Kier alpha value is -1.04. The molecule has 0 aliphatic carbocycles. The average molecular weight is 374 g/mol. The van der Waals surface area contributed by atoms with Gasteiger partial charge in [-0.25, -0.2) is 4.79 Å². The van der Waals surface area contributed by atoms with Crippen molar-refractivity contribution in [1.82, 2.24) is 0 Å². The summed E-state index contributed by atoms with van der Waals surface area (Å²) in [6.07, 6.45) is 7.38. The van der Waals surface area contributed by atoms with Crippen molar-refractivity contribution < 1.29 is 14.6 Å². The van der Waals surface area contributed by atoms with Crippen molar-refractivity contribution in [1.29, 1.82) is 0 Å². The van der Waals surface area contributed by atoms with Crippen molar-refractivity contribution in [3.8, 4) is 5.75 Å². The van der Waals surface area contributed by atoms with Crippen LogP contribution in [0.4, 0.5) is 0 Å². The quantitative estimate of drug-likeness (QED) is 0.315.